The molecule has 0 saturated heterocycles. The molecule has 9 heteroatoms. The lowest BCUT2D eigenvalue weighted by molar-refractivity contribution is 0.685. The average Bonchev–Trinajstić information content (AvgIpc) is 2.89. The van der Waals surface area contributed by atoms with E-state index in [0.29, 0.717) is 29.1 Å². The van der Waals surface area contributed by atoms with Gasteiger partial charge in [0.15, 0.2) is 11.8 Å². The van der Waals surface area contributed by atoms with Gasteiger partial charge in [-0.2, -0.15) is 0 Å². The molecule has 2 rings (SSSR count). The van der Waals surface area contributed by atoms with Crippen LogP contribution < -0.4 is 10.6 Å². The minimum atomic E-state index is -0.0536. The van der Waals surface area contributed by atoms with Crippen LogP contribution in [0.3, 0.4) is 0 Å². The van der Waals surface area contributed by atoms with Gasteiger partial charge in [-0.05, 0) is 31.5 Å². The molecule has 142 valence electrons. The summed E-state index contributed by atoms with van der Waals surface area (Å²) >= 11 is 12.2. The Morgan fingerprint density at radius 2 is 2.12 bits per heavy atom. The van der Waals surface area contributed by atoms with Gasteiger partial charge < -0.3 is 15.2 Å². The average molecular weight is 509 g/mol. The third-order valence-corrected chi connectivity index (χ3v) is 4.32. The lowest BCUT2D eigenvalue weighted by Gasteiger charge is -2.19. The zero-order valence-corrected chi connectivity index (χ0v) is 18.8. The number of nitrogens with zero attached hydrogens (tertiary/aromatic N) is 4. The van der Waals surface area contributed by atoms with Crippen molar-refractivity contribution in [1.29, 1.82) is 0 Å². The number of aryl methyl sites for hydroxylation is 1. The van der Waals surface area contributed by atoms with Gasteiger partial charge >= 0.3 is 0 Å². The number of rotatable bonds is 6. The highest BCUT2D eigenvalue weighted by Crippen LogP contribution is 2.26. The summed E-state index contributed by atoms with van der Waals surface area (Å²) in [4.78, 5) is 4.57. The van der Waals surface area contributed by atoms with Crippen molar-refractivity contribution in [2.45, 2.75) is 26.4 Å². The van der Waals surface area contributed by atoms with Gasteiger partial charge in [-0.3, -0.25) is 0 Å². The van der Waals surface area contributed by atoms with Gasteiger partial charge in [0.1, 0.15) is 12.4 Å². The van der Waals surface area contributed by atoms with Crippen LogP contribution in [0.25, 0.3) is 0 Å². The van der Waals surface area contributed by atoms with Gasteiger partial charge in [-0.15, -0.1) is 40.8 Å². The van der Waals surface area contributed by atoms with E-state index in [0.717, 1.165) is 17.2 Å². The zero-order chi connectivity index (χ0) is 18.4. The molecule has 1 aromatic carbocycles. The van der Waals surface area contributed by atoms with Gasteiger partial charge in [0.05, 0.1) is 6.04 Å². The van der Waals surface area contributed by atoms with Crippen LogP contribution in [-0.2, 0) is 13.6 Å². The highest BCUT2D eigenvalue weighted by molar-refractivity contribution is 14.0. The number of aromatic nitrogens is 3. The standard InChI is InChI=1S/C17H22Cl2N6.HI/c1-5-8-20-17(21-10-16-24-23-12(3)25(16)4)22-11(2)14-7-6-13(18)9-15(14)19;/h5-7,9,11H,1,8,10H2,2-4H3,(H2,20,21,22);1H. The Hall–Kier alpha value is -1.32. The molecule has 0 saturated carbocycles. The summed E-state index contributed by atoms with van der Waals surface area (Å²) in [6.45, 7) is 8.63. The van der Waals surface area contributed by atoms with Crippen LogP contribution in [0, 0.1) is 6.92 Å². The molecule has 2 N–H and O–H groups in total. The van der Waals surface area contributed by atoms with Crippen LogP contribution in [0.2, 0.25) is 10.0 Å². The Kier molecular flexibility index (Phi) is 9.38. The minimum Gasteiger partial charge on any atom is -0.353 e. The van der Waals surface area contributed by atoms with Crippen molar-refractivity contribution < 1.29 is 0 Å². The van der Waals surface area contributed by atoms with Crippen molar-refractivity contribution >= 4 is 53.1 Å². The van der Waals surface area contributed by atoms with Crippen LogP contribution in [0.5, 0.6) is 0 Å². The van der Waals surface area contributed by atoms with Crippen molar-refractivity contribution in [1.82, 2.24) is 25.4 Å². The van der Waals surface area contributed by atoms with Crippen molar-refractivity contribution in [2.24, 2.45) is 12.0 Å². The summed E-state index contributed by atoms with van der Waals surface area (Å²) in [5.74, 6) is 2.27. The quantitative estimate of drug-likeness (QED) is 0.267. The summed E-state index contributed by atoms with van der Waals surface area (Å²) in [6.07, 6.45) is 1.77. The predicted molar refractivity (Wildman–Crippen MR) is 119 cm³/mol. The fourth-order valence-electron chi connectivity index (χ4n) is 2.20. The molecule has 0 aliphatic rings. The summed E-state index contributed by atoms with van der Waals surface area (Å²) < 4.78 is 1.91. The summed E-state index contributed by atoms with van der Waals surface area (Å²) in [7, 11) is 1.92. The van der Waals surface area contributed by atoms with Crippen molar-refractivity contribution in [3.8, 4) is 0 Å². The topological polar surface area (TPSA) is 67.1 Å². The molecule has 2 aromatic rings. The Labute approximate surface area is 181 Å². The molecule has 1 atom stereocenters. The first-order valence-corrected chi connectivity index (χ1v) is 8.63. The van der Waals surface area contributed by atoms with Gasteiger partial charge in [-0.25, -0.2) is 4.99 Å². The number of aliphatic imine (C=N–C) groups is 1. The van der Waals surface area contributed by atoms with E-state index >= 15 is 0 Å². The number of hydrogen-bond acceptors (Lipinski definition) is 3. The number of benzene rings is 1. The first-order chi connectivity index (χ1) is 11.9. The molecule has 1 aromatic heterocycles. The smallest absolute Gasteiger partial charge is 0.192 e. The van der Waals surface area contributed by atoms with Crippen LogP contribution in [0.15, 0.2) is 35.8 Å². The third-order valence-electron chi connectivity index (χ3n) is 3.76. The monoisotopic (exact) mass is 508 g/mol. The van der Waals surface area contributed by atoms with Crippen LogP contribution in [0.4, 0.5) is 0 Å². The van der Waals surface area contributed by atoms with E-state index in [-0.39, 0.29) is 30.0 Å². The largest absolute Gasteiger partial charge is 0.353 e. The lowest BCUT2D eigenvalue weighted by Crippen LogP contribution is -2.39. The molecule has 0 aliphatic carbocycles. The van der Waals surface area contributed by atoms with E-state index in [9.17, 15) is 0 Å². The Bertz CT molecular complexity index is 775. The van der Waals surface area contributed by atoms with Crippen molar-refractivity contribution in [3.63, 3.8) is 0 Å². The zero-order valence-electron chi connectivity index (χ0n) is 15.0. The molecule has 0 bridgehead atoms. The van der Waals surface area contributed by atoms with E-state index in [1.807, 2.05) is 37.6 Å². The molecule has 6 nitrogen and oxygen atoms in total. The Morgan fingerprint density at radius 3 is 2.69 bits per heavy atom. The highest BCUT2D eigenvalue weighted by Gasteiger charge is 2.12. The number of nitrogens with one attached hydrogen (secondary N) is 2. The van der Waals surface area contributed by atoms with E-state index in [1.165, 1.54) is 0 Å². The first-order valence-electron chi connectivity index (χ1n) is 7.88. The van der Waals surface area contributed by atoms with Gasteiger partial charge in [0.25, 0.3) is 0 Å². The maximum Gasteiger partial charge on any atom is 0.192 e. The van der Waals surface area contributed by atoms with Gasteiger partial charge in [0, 0.05) is 23.6 Å². The number of guanidine groups is 1. The SMILES string of the molecule is C=CCNC(=NCc1nnc(C)n1C)NC(C)c1ccc(Cl)cc1Cl.I. The number of hydrogen-bond donors (Lipinski definition) is 2. The molecule has 0 spiro atoms. The number of halogens is 3. The van der Waals surface area contributed by atoms with Crippen LogP contribution in [0.1, 0.15) is 30.2 Å². The lowest BCUT2D eigenvalue weighted by atomic mass is 10.1. The molecule has 0 amide bonds. The predicted octanol–water partition coefficient (Wildman–Crippen LogP) is 4.03. The van der Waals surface area contributed by atoms with E-state index < -0.39 is 0 Å². The molecular formula is C17H23Cl2IN6. The van der Waals surface area contributed by atoms with Crippen LogP contribution >= 0.6 is 47.2 Å². The summed E-state index contributed by atoms with van der Waals surface area (Å²) in [5.41, 5.74) is 0.939. The summed E-state index contributed by atoms with van der Waals surface area (Å²) in [6, 6.07) is 5.39. The molecule has 0 aliphatic heterocycles. The fourth-order valence-corrected chi connectivity index (χ4v) is 2.77. The van der Waals surface area contributed by atoms with E-state index in [4.69, 9.17) is 23.2 Å². The maximum absolute atomic E-state index is 6.29. The fraction of sp³-hybridized carbons (Fsp3) is 0.353. The second-order valence-electron chi connectivity index (χ2n) is 5.59. The van der Waals surface area contributed by atoms with E-state index in [2.05, 4.69) is 32.4 Å². The van der Waals surface area contributed by atoms with Crippen molar-refractivity contribution in [2.75, 3.05) is 6.54 Å². The summed E-state index contributed by atoms with van der Waals surface area (Å²) in [5, 5.41) is 15.9. The van der Waals surface area contributed by atoms with E-state index in [1.54, 1.807) is 12.1 Å². The molecular weight excluding hydrogens is 486 g/mol. The Morgan fingerprint density at radius 1 is 1.38 bits per heavy atom. The first kappa shape index (κ1) is 22.7. The molecule has 0 radical (unpaired) electrons. The second kappa shape index (κ2) is 10.7. The minimum absolute atomic E-state index is 0. The highest BCUT2D eigenvalue weighted by atomic mass is 127. The van der Waals surface area contributed by atoms with Crippen LogP contribution in [-0.4, -0.2) is 27.3 Å². The van der Waals surface area contributed by atoms with Gasteiger partial charge in [0.2, 0.25) is 0 Å². The van der Waals surface area contributed by atoms with Crippen molar-refractivity contribution in [3.05, 3.63) is 58.1 Å². The third kappa shape index (κ3) is 6.14. The molecule has 1 unspecified atom stereocenters. The molecule has 0 fully saturated rings. The molecule has 1 heterocycles. The van der Waals surface area contributed by atoms with Gasteiger partial charge in [-0.1, -0.05) is 35.3 Å². The second-order valence-corrected chi connectivity index (χ2v) is 6.43. The Balaban J connectivity index is 0.00000338. The molecule has 26 heavy (non-hydrogen) atoms. The normalized spacial score (nSPS) is 12.3. The maximum atomic E-state index is 6.29.